The molecule has 0 aliphatic carbocycles. The van der Waals surface area contributed by atoms with Crippen molar-refractivity contribution in [3.8, 4) is 11.1 Å². The van der Waals surface area contributed by atoms with E-state index in [2.05, 4.69) is 22.2 Å². The molecule has 5 nitrogen and oxygen atoms in total. The minimum Gasteiger partial charge on any atom is -0.339 e. The lowest BCUT2D eigenvalue weighted by molar-refractivity contribution is 0.0791. The number of carbonyl (C=O) groups excluding carboxylic acids is 1. The summed E-state index contributed by atoms with van der Waals surface area (Å²) in [6.45, 7) is 5.60. The topological polar surface area (TPSA) is 50.5 Å². The third-order valence-corrected chi connectivity index (χ3v) is 4.75. The third-order valence-electron chi connectivity index (χ3n) is 4.75. The van der Waals surface area contributed by atoms with Gasteiger partial charge in [-0.2, -0.15) is 5.10 Å². The molecule has 0 atom stereocenters. The van der Waals surface area contributed by atoms with E-state index >= 15 is 0 Å². The van der Waals surface area contributed by atoms with Crippen LogP contribution in [0.4, 0.5) is 0 Å². The monoisotopic (exact) mass is 320 g/mol. The lowest BCUT2D eigenvalue weighted by Gasteiger charge is -2.16. The number of likely N-dealkylation sites (tertiary alicyclic amines) is 1. The van der Waals surface area contributed by atoms with Gasteiger partial charge in [-0.1, -0.05) is 30.3 Å². The normalized spacial score (nSPS) is 14.5. The van der Waals surface area contributed by atoms with Crippen LogP contribution in [0.5, 0.6) is 0 Å². The van der Waals surface area contributed by atoms with E-state index in [0.29, 0.717) is 5.56 Å². The summed E-state index contributed by atoms with van der Waals surface area (Å²) in [6.07, 6.45) is 3.87. The maximum Gasteiger partial charge on any atom is 0.257 e. The highest BCUT2D eigenvalue weighted by Gasteiger charge is 2.24. The van der Waals surface area contributed by atoms with E-state index in [1.165, 1.54) is 0 Å². The molecule has 0 spiro atoms. The summed E-state index contributed by atoms with van der Waals surface area (Å²) in [5.74, 6) is 0.0637. The van der Waals surface area contributed by atoms with Gasteiger partial charge in [0, 0.05) is 24.8 Å². The molecule has 1 aromatic carbocycles. The molecular weight excluding hydrogens is 300 g/mol. The number of nitrogens with zero attached hydrogens (tertiary/aromatic N) is 4. The van der Waals surface area contributed by atoms with Crippen LogP contribution in [-0.4, -0.2) is 38.5 Å². The summed E-state index contributed by atoms with van der Waals surface area (Å²) in [4.78, 5) is 19.2. The summed E-state index contributed by atoms with van der Waals surface area (Å²) in [5, 5.41) is 4.64. The van der Waals surface area contributed by atoms with Gasteiger partial charge in [0.2, 0.25) is 0 Å². The summed E-state index contributed by atoms with van der Waals surface area (Å²) in [6, 6.07) is 10.1. The highest BCUT2D eigenvalue weighted by molar-refractivity contribution is 5.95. The molecule has 1 fully saturated rings. The Balaban J connectivity index is 1.85. The number of hydrogen-bond donors (Lipinski definition) is 0. The van der Waals surface area contributed by atoms with Crippen molar-refractivity contribution in [1.29, 1.82) is 0 Å². The average Bonchev–Trinajstić information content (AvgIpc) is 3.23. The Bertz CT molecular complexity index is 908. The first-order valence-corrected chi connectivity index (χ1v) is 8.36. The second-order valence-electron chi connectivity index (χ2n) is 6.32. The second kappa shape index (κ2) is 5.74. The zero-order valence-electron chi connectivity index (χ0n) is 14.0. The van der Waals surface area contributed by atoms with E-state index < -0.39 is 0 Å². The number of benzene rings is 1. The Labute approximate surface area is 140 Å². The fourth-order valence-corrected chi connectivity index (χ4v) is 3.44. The first kappa shape index (κ1) is 14.9. The van der Waals surface area contributed by atoms with Gasteiger partial charge in [0.1, 0.15) is 0 Å². The van der Waals surface area contributed by atoms with Crippen LogP contribution in [0, 0.1) is 13.8 Å². The van der Waals surface area contributed by atoms with Gasteiger partial charge in [0.05, 0.1) is 17.0 Å². The third kappa shape index (κ3) is 2.28. The van der Waals surface area contributed by atoms with Crippen molar-refractivity contribution in [2.24, 2.45) is 0 Å². The predicted octanol–water partition coefficient (Wildman–Crippen LogP) is 3.25. The summed E-state index contributed by atoms with van der Waals surface area (Å²) < 4.78 is 1.81. The summed E-state index contributed by atoms with van der Waals surface area (Å²) in [5.41, 5.74) is 5.33. The fraction of sp³-hybridized carbons (Fsp3) is 0.316. The van der Waals surface area contributed by atoms with E-state index in [-0.39, 0.29) is 5.91 Å². The van der Waals surface area contributed by atoms with Crippen LogP contribution in [0.2, 0.25) is 0 Å². The maximum absolute atomic E-state index is 12.7. The van der Waals surface area contributed by atoms with Gasteiger partial charge in [-0.05, 0) is 32.3 Å². The van der Waals surface area contributed by atoms with Crippen molar-refractivity contribution in [2.45, 2.75) is 26.7 Å². The minimum atomic E-state index is 0.0637. The van der Waals surface area contributed by atoms with Crippen LogP contribution in [0.15, 0.2) is 36.5 Å². The lowest BCUT2D eigenvalue weighted by atomic mass is 10.1. The fourth-order valence-electron chi connectivity index (χ4n) is 3.44. The predicted molar refractivity (Wildman–Crippen MR) is 93.0 cm³/mol. The highest BCUT2D eigenvalue weighted by Crippen LogP contribution is 2.28. The van der Waals surface area contributed by atoms with E-state index in [9.17, 15) is 4.79 Å². The molecule has 1 saturated heterocycles. The number of rotatable bonds is 2. The van der Waals surface area contributed by atoms with Crippen molar-refractivity contribution in [3.63, 3.8) is 0 Å². The van der Waals surface area contributed by atoms with E-state index in [4.69, 9.17) is 0 Å². The summed E-state index contributed by atoms with van der Waals surface area (Å²) >= 11 is 0. The number of amides is 1. The van der Waals surface area contributed by atoms with Gasteiger partial charge >= 0.3 is 0 Å². The molecule has 1 aliphatic rings. The number of fused-ring (bicyclic) bond motifs is 1. The van der Waals surface area contributed by atoms with Crippen molar-refractivity contribution in [2.75, 3.05) is 13.1 Å². The molecule has 4 rings (SSSR count). The van der Waals surface area contributed by atoms with Crippen molar-refractivity contribution < 1.29 is 4.79 Å². The molecule has 2 aromatic heterocycles. The quantitative estimate of drug-likeness (QED) is 0.728. The molecule has 3 aromatic rings. The van der Waals surface area contributed by atoms with Crippen LogP contribution < -0.4 is 0 Å². The zero-order valence-corrected chi connectivity index (χ0v) is 14.0. The van der Waals surface area contributed by atoms with Crippen LogP contribution >= 0.6 is 0 Å². The Morgan fingerprint density at radius 2 is 1.79 bits per heavy atom. The van der Waals surface area contributed by atoms with Gasteiger partial charge in [-0.15, -0.1) is 0 Å². The maximum atomic E-state index is 12.7. The SMILES string of the molecule is Cc1nn2c(C)c(C(=O)N3CCCC3)cnc2c1-c1ccccc1. The lowest BCUT2D eigenvalue weighted by Crippen LogP contribution is -2.29. The van der Waals surface area contributed by atoms with E-state index in [1.54, 1.807) is 10.7 Å². The molecule has 24 heavy (non-hydrogen) atoms. The van der Waals surface area contributed by atoms with Gasteiger partial charge in [0.25, 0.3) is 5.91 Å². The molecule has 0 radical (unpaired) electrons. The van der Waals surface area contributed by atoms with Crippen LogP contribution in [0.1, 0.15) is 34.6 Å². The molecule has 0 bridgehead atoms. The molecule has 1 aliphatic heterocycles. The number of aryl methyl sites for hydroxylation is 2. The first-order valence-electron chi connectivity index (χ1n) is 8.36. The van der Waals surface area contributed by atoms with Gasteiger partial charge in [-0.25, -0.2) is 9.50 Å². The Morgan fingerprint density at radius 1 is 1.08 bits per heavy atom. The van der Waals surface area contributed by atoms with Crippen LogP contribution in [0.3, 0.4) is 0 Å². The van der Waals surface area contributed by atoms with Crippen LogP contribution in [0.25, 0.3) is 16.8 Å². The van der Waals surface area contributed by atoms with Crippen molar-refractivity contribution in [3.05, 3.63) is 53.5 Å². The highest BCUT2D eigenvalue weighted by atomic mass is 16.2. The first-order chi connectivity index (χ1) is 11.7. The second-order valence-corrected chi connectivity index (χ2v) is 6.32. The van der Waals surface area contributed by atoms with E-state index in [1.807, 2.05) is 36.9 Å². The molecule has 0 saturated carbocycles. The molecule has 3 heterocycles. The molecule has 0 unspecified atom stereocenters. The van der Waals surface area contributed by atoms with Gasteiger partial charge in [-0.3, -0.25) is 4.79 Å². The minimum absolute atomic E-state index is 0.0637. The van der Waals surface area contributed by atoms with Crippen LogP contribution in [-0.2, 0) is 0 Å². The summed E-state index contributed by atoms with van der Waals surface area (Å²) in [7, 11) is 0. The zero-order chi connectivity index (χ0) is 16.7. The number of aromatic nitrogens is 3. The average molecular weight is 320 g/mol. The molecule has 122 valence electrons. The molecule has 5 heteroatoms. The molecule has 1 amide bonds. The smallest absolute Gasteiger partial charge is 0.257 e. The Hall–Kier alpha value is -2.69. The van der Waals surface area contributed by atoms with Gasteiger partial charge in [0.15, 0.2) is 5.65 Å². The Morgan fingerprint density at radius 3 is 2.50 bits per heavy atom. The molecular formula is C19H20N4O. The number of hydrogen-bond acceptors (Lipinski definition) is 3. The number of carbonyl (C=O) groups is 1. The van der Waals surface area contributed by atoms with Crippen molar-refractivity contribution in [1.82, 2.24) is 19.5 Å². The molecule has 0 N–H and O–H groups in total. The largest absolute Gasteiger partial charge is 0.339 e. The van der Waals surface area contributed by atoms with Gasteiger partial charge < -0.3 is 4.90 Å². The Kier molecular flexibility index (Phi) is 3.56. The van der Waals surface area contributed by atoms with Crippen molar-refractivity contribution >= 4 is 11.6 Å². The standard InChI is InChI=1S/C19H20N4O/c1-13-17(15-8-4-3-5-9-15)18-20-12-16(14(2)23(18)21-13)19(24)22-10-6-7-11-22/h3-5,8-9,12H,6-7,10-11H2,1-2H3. The van der Waals surface area contributed by atoms with E-state index in [0.717, 1.165) is 54.1 Å².